The molecule has 0 N–H and O–H groups in total. The number of aryl methyl sites for hydroxylation is 2. The highest BCUT2D eigenvalue weighted by atomic mass is 16.5. The number of fused-ring (bicyclic) bond motifs is 1. The van der Waals surface area contributed by atoms with Crippen LogP contribution in [0.3, 0.4) is 0 Å². The highest BCUT2D eigenvalue weighted by Gasteiger charge is 2.14. The normalized spacial score (nSPS) is 10.7. The number of carbonyl (C=O) groups excluding carboxylic acids is 1. The Morgan fingerprint density at radius 2 is 1.84 bits per heavy atom. The molecule has 0 aliphatic carbocycles. The fourth-order valence-electron chi connectivity index (χ4n) is 2.23. The van der Waals surface area contributed by atoms with Crippen molar-refractivity contribution in [2.75, 3.05) is 6.61 Å². The molecule has 4 heteroatoms. The van der Waals surface area contributed by atoms with Gasteiger partial charge in [-0.1, -0.05) is 0 Å². The largest absolute Gasteiger partial charge is 0.462 e. The molecule has 1 heterocycles. The molecule has 0 aliphatic rings. The number of rotatable bonds is 2. The molecule has 0 unspecified atom stereocenters. The zero-order valence-electron chi connectivity index (χ0n) is 11.6. The van der Waals surface area contributed by atoms with E-state index in [9.17, 15) is 9.59 Å². The number of ether oxygens (including phenoxy) is 1. The molecule has 2 aromatic rings. The number of carbonyl (C=O) groups is 1. The molecule has 0 spiro atoms. The van der Waals surface area contributed by atoms with Crippen LogP contribution in [-0.2, 0) is 11.8 Å². The third kappa shape index (κ3) is 2.14. The van der Waals surface area contributed by atoms with Crippen LogP contribution in [0.5, 0.6) is 0 Å². The first-order chi connectivity index (χ1) is 8.97. The summed E-state index contributed by atoms with van der Waals surface area (Å²) in [5.41, 5.74) is 1.87. The predicted octanol–water partition coefficient (Wildman–Crippen LogP) is 2.33. The summed E-state index contributed by atoms with van der Waals surface area (Å²) in [6.07, 6.45) is 0. The van der Waals surface area contributed by atoms with Crippen LogP contribution >= 0.6 is 0 Å². The van der Waals surface area contributed by atoms with E-state index in [0.717, 1.165) is 22.2 Å². The zero-order chi connectivity index (χ0) is 14.2. The number of nitrogens with zero attached hydrogens (tertiary/aromatic N) is 1. The van der Waals surface area contributed by atoms with E-state index in [1.165, 1.54) is 6.07 Å². The summed E-state index contributed by atoms with van der Waals surface area (Å²) in [6.45, 7) is 5.93. The lowest BCUT2D eigenvalue weighted by Gasteiger charge is -1.99. The maximum absolute atomic E-state index is 11.9. The maximum atomic E-state index is 11.9. The quantitative estimate of drug-likeness (QED) is 0.778. The van der Waals surface area contributed by atoms with Crippen molar-refractivity contribution >= 4 is 16.7 Å². The number of esters is 1. The molecule has 0 fully saturated rings. The Labute approximate surface area is 111 Å². The van der Waals surface area contributed by atoms with Crippen molar-refractivity contribution in [2.45, 2.75) is 20.8 Å². The fraction of sp³-hybridized carbons (Fsp3) is 0.333. The van der Waals surface area contributed by atoms with Crippen LogP contribution < -0.4 is 5.43 Å². The summed E-state index contributed by atoms with van der Waals surface area (Å²) in [7, 11) is 1.97. The van der Waals surface area contributed by atoms with Gasteiger partial charge in [-0.3, -0.25) is 4.79 Å². The lowest BCUT2D eigenvalue weighted by molar-refractivity contribution is 0.0525. The topological polar surface area (TPSA) is 48.3 Å². The second-order valence-corrected chi connectivity index (χ2v) is 4.53. The summed E-state index contributed by atoms with van der Waals surface area (Å²) in [5.74, 6) is -0.564. The molecule has 1 aromatic carbocycles. The molecule has 0 bridgehead atoms. The van der Waals surface area contributed by atoms with E-state index < -0.39 is 5.97 Å². The summed E-state index contributed by atoms with van der Waals surface area (Å²) < 4.78 is 6.98. The monoisotopic (exact) mass is 259 g/mol. The first-order valence-electron chi connectivity index (χ1n) is 6.24. The molecule has 19 heavy (non-hydrogen) atoms. The summed E-state index contributed by atoms with van der Waals surface area (Å²) >= 11 is 0. The van der Waals surface area contributed by atoms with Crippen molar-refractivity contribution in [2.24, 2.45) is 7.05 Å². The molecule has 0 saturated carbocycles. The lowest BCUT2D eigenvalue weighted by atomic mass is 10.2. The first kappa shape index (κ1) is 13.3. The van der Waals surface area contributed by atoms with Crippen molar-refractivity contribution in [1.29, 1.82) is 0 Å². The van der Waals surface area contributed by atoms with Gasteiger partial charge in [0.25, 0.3) is 0 Å². The van der Waals surface area contributed by atoms with E-state index in [-0.39, 0.29) is 17.6 Å². The Hall–Kier alpha value is -2.10. The third-order valence-corrected chi connectivity index (χ3v) is 3.53. The van der Waals surface area contributed by atoms with Crippen molar-refractivity contribution < 1.29 is 9.53 Å². The van der Waals surface area contributed by atoms with Gasteiger partial charge >= 0.3 is 5.97 Å². The highest BCUT2D eigenvalue weighted by molar-refractivity contribution is 5.96. The average Bonchev–Trinajstić information content (AvgIpc) is 2.54. The van der Waals surface area contributed by atoms with Crippen LogP contribution in [0.1, 0.15) is 28.7 Å². The van der Waals surface area contributed by atoms with E-state index >= 15 is 0 Å². The van der Waals surface area contributed by atoms with Crippen LogP contribution in [-0.4, -0.2) is 17.1 Å². The van der Waals surface area contributed by atoms with Gasteiger partial charge in [-0.2, -0.15) is 0 Å². The Morgan fingerprint density at radius 3 is 2.47 bits per heavy atom. The minimum atomic E-state index is -0.564. The van der Waals surface area contributed by atoms with Gasteiger partial charge in [0.2, 0.25) is 0 Å². The molecular weight excluding hydrogens is 242 g/mol. The van der Waals surface area contributed by atoms with Crippen LogP contribution in [0.15, 0.2) is 23.0 Å². The average molecular weight is 259 g/mol. The number of hydrogen-bond acceptors (Lipinski definition) is 3. The third-order valence-electron chi connectivity index (χ3n) is 3.53. The van der Waals surface area contributed by atoms with Gasteiger partial charge in [-0.15, -0.1) is 0 Å². The van der Waals surface area contributed by atoms with Gasteiger partial charge in [-0.05, 0) is 39.0 Å². The summed E-state index contributed by atoms with van der Waals surface area (Å²) in [4.78, 5) is 23.8. The second-order valence-electron chi connectivity index (χ2n) is 4.53. The molecular formula is C15H17NO3. The van der Waals surface area contributed by atoms with E-state index in [4.69, 9.17) is 4.74 Å². The van der Waals surface area contributed by atoms with Crippen LogP contribution in [0.2, 0.25) is 0 Å². The van der Waals surface area contributed by atoms with E-state index in [2.05, 4.69) is 0 Å². The SMILES string of the molecule is CCOC(=O)c1cc2c(C)n(C)c(C)c2ccc1=O. The van der Waals surface area contributed by atoms with Crippen molar-refractivity contribution in [3.8, 4) is 0 Å². The van der Waals surface area contributed by atoms with Crippen LogP contribution in [0.25, 0.3) is 10.8 Å². The van der Waals surface area contributed by atoms with Gasteiger partial charge < -0.3 is 9.30 Å². The lowest BCUT2D eigenvalue weighted by Crippen LogP contribution is -2.14. The van der Waals surface area contributed by atoms with Gasteiger partial charge in [0, 0.05) is 29.2 Å². The molecule has 1 aromatic heterocycles. The molecule has 0 atom stereocenters. The second kappa shape index (κ2) is 4.88. The summed E-state index contributed by atoms with van der Waals surface area (Å²) in [5, 5.41) is 1.89. The van der Waals surface area contributed by atoms with Gasteiger partial charge in [0.05, 0.1) is 6.61 Å². The van der Waals surface area contributed by atoms with E-state index in [0.29, 0.717) is 0 Å². The standard InChI is InChI=1S/C15H17NO3/c1-5-19-15(18)13-8-12-10(3)16(4)9(2)11(12)6-7-14(13)17/h6-8H,5H2,1-4H3. The summed E-state index contributed by atoms with van der Waals surface area (Å²) in [6, 6.07) is 4.84. The molecule has 0 saturated heterocycles. The van der Waals surface area contributed by atoms with E-state index in [1.807, 2.05) is 25.5 Å². The van der Waals surface area contributed by atoms with Crippen molar-refractivity contribution in [3.05, 3.63) is 45.4 Å². The molecule has 0 radical (unpaired) electrons. The molecule has 0 aliphatic heterocycles. The minimum Gasteiger partial charge on any atom is -0.462 e. The molecule has 100 valence electrons. The van der Waals surface area contributed by atoms with E-state index in [1.54, 1.807) is 19.1 Å². The highest BCUT2D eigenvalue weighted by Crippen LogP contribution is 2.23. The smallest absolute Gasteiger partial charge is 0.342 e. The van der Waals surface area contributed by atoms with Crippen LogP contribution in [0, 0.1) is 13.8 Å². The van der Waals surface area contributed by atoms with Gasteiger partial charge in [0.15, 0.2) is 5.43 Å². The number of hydrogen-bond donors (Lipinski definition) is 0. The Bertz CT molecular complexity index is 713. The first-order valence-corrected chi connectivity index (χ1v) is 6.24. The zero-order valence-corrected chi connectivity index (χ0v) is 11.6. The van der Waals surface area contributed by atoms with Gasteiger partial charge in [0.1, 0.15) is 5.56 Å². The fourth-order valence-corrected chi connectivity index (χ4v) is 2.23. The molecule has 0 amide bonds. The predicted molar refractivity (Wildman–Crippen MR) is 74.6 cm³/mol. The minimum absolute atomic E-state index is 0.0885. The van der Waals surface area contributed by atoms with Crippen molar-refractivity contribution in [1.82, 2.24) is 4.57 Å². The maximum Gasteiger partial charge on any atom is 0.342 e. The number of aromatic nitrogens is 1. The molecule has 4 nitrogen and oxygen atoms in total. The Kier molecular flexibility index (Phi) is 3.42. The van der Waals surface area contributed by atoms with Gasteiger partial charge in [-0.25, -0.2) is 4.79 Å². The van der Waals surface area contributed by atoms with Crippen LogP contribution in [0.4, 0.5) is 0 Å². The van der Waals surface area contributed by atoms with Crippen molar-refractivity contribution in [3.63, 3.8) is 0 Å². The molecule has 2 rings (SSSR count). The Morgan fingerprint density at radius 1 is 1.21 bits per heavy atom. The Balaban J connectivity index is 2.81.